The molecule has 6 heteroatoms. The molecule has 11 heavy (non-hydrogen) atoms. The van der Waals surface area contributed by atoms with Crippen molar-refractivity contribution < 1.29 is 4.79 Å². The van der Waals surface area contributed by atoms with Gasteiger partial charge in [0.25, 0.3) is 0 Å². The van der Waals surface area contributed by atoms with Crippen molar-refractivity contribution in [1.82, 2.24) is 20.2 Å². The summed E-state index contributed by atoms with van der Waals surface area (Å²) in [5, 5.41) is 18.4. The van der Waals surface area contributed by atoms with E-state index in [1.165, 1.54) is 4.68 Å². The molecule has 0 saturated carbocycles. The number of rotatable bonds is 3. The lowest BCUT2D eigenvalue weighted by Crippen LogP contribution is -2.04. The molecule has 0 radical (unpaired) electrons. The molecule has 6 nitrogen and oxygen atoms in total. The highest BCUT2D eigenvalue weighted by Crippen LogP contribution is 1.88. The molecule has 0 aliphatic heterocycles. The van der Waals surface area contributed by atoms with E-state index < -0.39 is 0 Å². The highest BCUT2D eigenvalue weighted by Gasteiger charge is 2.01. The zero-order valence-electron chi connectivity index (χ0n) is 5.64. The standard InChI is InChI=1S/C5H5N5O/c6-2-1-3-10-5(4-11)7-8-9-10/h4H,1,3H2. The van der Waals surface area contributed by atoms with Gasteiger partial charge in [0, 0.05) is 0 Å². The molecule has 0 amide bonds. The van der Waals surface area contributed by atoms with E-state index in [4.69, 9.17) is 5.26 Å². The second kappa shape index (κ2) is 3.41. The summed E-state index contributed by atoms with van der Waals surface area (Å²) in [6, 6.07) is 1.92. The van der Waals surface area contributed by atoms with Crippen molar-refractivity contribution in [3.8, 4) is 6.07 Å². The Kier molecular flexibility index (Phi) is 2.28. The van der Waals surface area contributed by atoms with Gasteiger partial charge in [0.1, 0.15) is 0 Å². The molecule has 0 unspecified atom stereocenters. The van der Waals surface area contributed by atoms with Crippen LogP contribution in [0.25, 0.3) is 0 Å². The summed E-state index contributed by atoms with van der Waals surface area (Å²) in [7, 11) is 0. The predicted octanol–water partition coefficient (Wildman–Crippen LogP) is -0.601. The van der Waals surface area contributed by atoms with Crippen molar-refractivity contribution in [1.29, 1.82) is 5.26 Å². The monoisotopic (exact) mass is 151 g/mol. The summed E-state index contributed by atoms with van der Waals surface area (Å²) in [5.41, 5.74) is 0. The number of hydrogen-bond donors (Lipinski definition) is 0. The summed E-state index contributed by atoms with van der Waals surface area (Å²) >= 11 is 0. The van der Waals surface area contributed by atoms with Crippen molar-refractivity contribution in [3.63, 3.8) is 0 Å². The Morgan fingerprint density at radius 2 is 2.55 bits per heavy atom. The summed E-state index contributed by atoms with van der Waals surface area (Å²) in [5.74, 6) is 0.153. The van der Waals surface area contributed by atoms with Gasteiger partial charge in [-0.05, 0) is 10.4 Å². The van der Waals surface area contributed by atoms with Gasteiger partial charge in [-0.3, -0.25) is 4.79 Å². The topological polar surface area (TPSA) is 84.5 Å². The Morgan fingerprint density at radius 1 is 1.73 bits per heavy atom. The first kappa shape index (κ1) is 7.34. The number of aldehydes is 1. The third-order valence-corrected chi connectivity index (χ3v) is 1.10. The number of hydrogen-bond acceptors (Lipinski definition) is 5. The van der Waals surface area contributed by atoms with Crippen LogP contribution in [0.3, 0.4) is 0 Å². The van der Waals surface area contributed by atoms with Crippen molar-refractivity contribution in [3.05, 3.63) is 5.82 Å². The first-order valence-electron chi connectivity index (χ1n) is 2.96. The Balaban J connectivity index is 2.70. The van der Waals surface area contributed by atoms with Gasteiger partial charge in [0.05, 0.1) is 19.0 Å². The second-order valence-corrected chi connectivity index (χ2v) is 1.79. The predicted molar refractivity (Wildman–Crippen MR) is 33.4 cm³/mol. The van der Waals surface area contributed by atoms with Crippen LogP contribution < -0.4 is 0 Å². The molecule has 0 spiro atoms. The third-order valence-electron chi connectivity index (χ3n) is 1.10. The molecule has 0 fully saturated rings. The van der Waals surface area contributed by atoms with E-state index in [0.29, 0.717) is 19.3 Å². The Hall–Kier alpha value is -1.77. The van der Waals surface area contributed by atoms with Crippen LogP contribution in [0.2, 0.25) is 0 Å². The highest BCUT2D eigenvalue weighted by molar-refractivity contribution is 5.68. The average molecular weight is 151 g/mol. The Bertz CT molecular complexity index is 285. The van der Waals surface area contributed by atoms with E-state index in [2.05, 4.69) is 15.5 Å². The minimum absolute atomic E-state index is 0.153. The van der Waals surface area contributed by atoms with Crippen LogP contribution >= 0.6 is 0 Å². The van der Waals surface area contributed by atoms with Crippen LogP contribution in [0.1, 0.15) is 17.0 Å². The van der Waals surface area contributed by atoms with Crippen LogP contribution in [0.4, 0.5) is 0 Å². The molecule has 0 bridgehead atoms. The Labute approximate surface area is 62.4 Å². The Morgan fingerprint density at radius 3 is 3.18 bits per heavy atom. The first-order valence-corrected chi connectivity index (χ1v) is 2.96. The zero-order chi connectivity index (χ0) is 8.10. The zero-order valence-corrected chi connectivity index (χ0v) is 5.64. The maximum atomic E-state index is 10.2. The fourth-order valence-corrected chi connectivity index (χ4v) is 0.611. The number of carbonyl (C=O) groups is 1. The van der Waals surface area contributed by atoms with E-state index in [0.717, 1.165) is 0 Å². The van der Waals surface area contributed by atoms with Crippen LogP contribution in [0, 0.1) is 11.3 Å². The number of nitrogens with zero attached hydrogens (tertiary/aromatic N) is 5. The minimum atomic E-state index is 0.153. The summed E-state index contributed by atoms with van der Waals surface area (Å²) in [6.45, 7) is 0.359. The lowest BCUT2D eigenvalue weighted by atomic mass is 10.5. The molecule has 0 atom stereocenters. The quantitative estimate of drug-likeness (QED) is 0.538. The smallest absolute Gasteiger partial charge is 0.214 e. The number of carbonyl (C=O) groups excluding carboxylic acids is 1. The number of aromatic nitrogens is 4. The van der Waals surface area contributed by atoms with Gasteiger partial charge in [-0.25, -0.2) is 4.68 Å². The van der Waals surface area contributed by atoms with Gasteiger partial charge in [0.15, 0.2) is 6.29 Å². The van der Waals surface area contributed by atoms with Gasteiger partial charge in [-0.2, -0.15) is 5.26 Å². The van der Waals surface area contributed by atoms with Crippen LogP contribution in [0.15, 0.2) is 0 Å². The number of tetrazole rings is 1. The molecular weight excluding hydrogens is 146 g/mol. The van der Waals surface area contributed by atoms with E-state index in [1.807, 2.05) is 6.07 Å². The number of nitriles is 1. The summed E-state index contributed by atoms with van der Waals surface area (Å²) < 4.78 is 1.29. The van der Waals surface area contributed by atoms with Crippen LogP contribution in [-0.2, 0) is 6.54 Å². The summed E-state index contributed by atoms with van der Waals surface area (Å²) in [4.78, 5) is 10.2. The SMILES string of the molecule is N#CCCn1nnnc1C=O. The number of aryl methyl sites for hydroxylation is 1. The maximum absolute atomic E-state index is 10.2. The molecule has 1 rings (SSSR count). The van der Waals surface area contributed by atoms with E-state index in [1.54, 1.807) is 0 Å². The van der Waals surface area contributed by atoms with E-state index >= 15 is 0 Å². The van der Waals surface area contributed by atoms with E-state index in [9.17, 15) is 4.79 Å². The summed E-state index contributed by atoms with van der Waals surface area (Å²) in [6.07, 6.45) is 0.850. The van der Waals surface area contributed by atoms with Crippen molar-refractivity contribution in [2.75, 3.05) is 0 Å². The van der Waals surface area contributed by atoms with Crippen LogP contribution in [0.5, 0.6) is 0 Å². The molecule has 1 aromatic rings. The molecule has 0 aromatic carbocycles. The molecule has 0 saturated heterocycles. The van der Waals surface area contributed by atoms with Gasteiger partial charge in [-0.1, -0.05) is 0 Å². The lowest BCUT2D eigenvalue weighted by Gasteiger charge is -1.92. The van der Waals surface area contributed by atoms with Gasteiger partial charge < -0.3 is 0 Å². The largest absolute Gasteiger partial charge is 0.294 e. The molecular formula is C5H5N5O. The van der Waals surface area contributed by atoms with Gasteiger partial charge in [0.2, 0.25) is 5.82 Å². The molecule has 0 aliphatic rings. The second-order valence-electron chi connectivity index (χ2n) is 1.79. The van der Waals surface area contributed by atoms with Crippen molar-refractivity contribution in [2.24, 2.45) is 0 Å². The van der Waals surface area contributed by atoms with Crippen molar-refractivity contribution >= 4 is 6.29 Å². The third kappa shape index (κ3) is 1.58. The molecule has 56 valence electrons. The van der Waals surface area contributed by atoms with Gasteiger partial charge >= 0.3 is 0 Å². The normalized spacial score (nSPS) is 9.00. The fourth-order valence-electron chi connectivity index (χ4n) is 0.611. The van der Waals surface area contributed by atoms with Crippen LogP contribution in [-0.4, -0.2) is 26.5 Å². The molecule has 0 N–H and O–H groups in total. The van der Waals surface area contributed by atoms with E-state index in [-0.39, 0.29) is 5.82 Å². The highest BCUT2D eigenvalue weighted by atomic mass is 16.1. The van der Waals surface area contributed by atoms with Crippen molar-refractivity contribution in [2.45, 2.75) is 13.0 Å². The molecule has 1 aromatic heterocycles. The molecule has 0 aliphatic carbocycles. The maximum Gasteiger partial charge on any atom is 0.214 e. The fraction of sp³-hybridized carbons (Fsp3) is 0.400. The average Bonchev–Trinajstić information content (AvgIpc) is 2.47. The lowest BCUT2D eigenvalue weighted by molar-refractivity contribution is 0.111. The first-order chi connectivity index (χ1) is 5.38. The minimum Gasteiger partial charge on any atom is -0.294 e. The van der Waals surface area contributed by atoms with Gasteiger partial charge in [-0.15, -0.1) is 5.10 Å². The molecule has 1 heterocycles.